The van der Waals surface area contributed by atoms with Gasteiger partial charge in [-0.1, -0.05) is 19.8 Å². The summed E-state index contributed by atoms with van der Waals surface area (Å²) in [6.45, 7) is 2.60. The molecule has 3 N–H and O–H groups in total. The van der Waals surface area contributed by atoms with E-state index < -0.39 is 11.5 Å². The van der Waals surface area contributed by atoms with Gasteiger partial charge in [-0.2, -0.15) is 0 Å². The van der Waals surface area contributed by atoms with Crippen molar-refractivity contribution in [3.8, 4) is 0 Å². The van der Waals surface area contributed by atoms with Crippen molar-refractivity contribution in [2.75, 3.05) is 13.1 Å². The van der Waals surface area contributed by atoms with Crippen LogP contribution in [0, 0.1) is 5.41 Å². The molecule has 1 aliphatic heterocycles. The Morgan fingerprint density at radius 2 is 1.82 bits per heavy atom. The minimum atomic E-state index is -1.25. The van der Waals surface area contributed by atoms with Gasteiger partial charge in [0.1, 0.15) is 5.54 Å². The number of likely N-dealkylation sites (tertiary alicyclic amines) is 1. The van der Waals surface area contributed by atoms with Gasteiger partial charge in [0.25, 0.3) is 0 Å². The van der Waals surface area contributed by atoms with Crippen molar-refractivity contribution < 1.29 is 14.7 Å². The molecule has 0 aromatic carbocycles. The zero-order valence-corrected chi connectivity index (χ0v) is 10.2. The van der Waals surface area contributed by atoms with Crippen molar-refractivity contribution in [3.63, 3.8) is 0 Å². The number of carboxylic acids is 1. The Kier molecular flexibility index (Phi) is 2.89. The van der Waals surface area contributed by atoms with E-state index in [2.05, 4.69) is 0 Å². The number of hydrogen-bond donors (Lipinski definition) is 2. The Bertz CT molecular complexity index is 350. The molecule has 1 saturated heterocycles. The number of nitrogens with zero attached hydrogens (tertiary/aromatic N) is 1. The first-order valence-electron chi connectivity index (χ1n) is 6.19. The number of carbonyl (C=O) groups is 2. The van der Waals surface area contributed by atoms with Gasteiger partial charge in [0, 0.05) is 18.5 Å². The van der Waals surface area contributed by atoms with Gasteiger partial charge in [0.2, 0.25) is 5.91 Å². The van der Waals surface area contributed by atoms with E-state index in [0.717, 1.165) is 25.7 Å². The highest BCUT2D eigenvalue weighted by Gasteiger charge is 2.47. The predicted octanol–water partition coefficient (Wildman–Crippen LogP) is 0.581. The smallest absolute Gasteiger partial charge is 0.325 e. The first-order valence-corrected chi connectivity index (χ1v) is 6.19. The third-order valence-corrected chi connectivity index (χ3v) is 4.24. The fourth-order valence-corrected chi connectivity index (χ4v) is 2.93. The third-order valence-electron chi connectivity index (χ3n) is 4.24. The van der Waals surface area contributed by atoms with Crippen LogP contribution in [0.15, 0.2) is 0 Å². The Hall–Kier alpha value is -1.10. The number of carboxylic acid groups (broad SMARTS) is 1. The first kappa shape index (κ1) is 12.4. The summed E-state index contributed by atoms with van der Waals surface area (Å²) in [6, 6.07) is 0. The number of nitrogens with two attached hydrogens (primary N) is 1. The van der Waals surface area contributed by atoms with Crippen LogP contribution in [0.4, 0.5) is 0 Å². The largest absolute Gasteiger partial charge is 0.480 e. The van der Waals surface area contributed by atoms with E-state index in [4.69, 9.17) is 10.8 Å². The number of rotatable bonds is 2. The van der Waals surface area contributed by atoms with Gasteiger partial charge >= 0.3 is 5.97 Å². The highest BCUT2D eigenvalue weighted by Crippen LogP contribution is 2.40. The maximum Gasteiger partial charge on any atom is 0.325 e. The summed E-state index contributed by atoms with van der Waals surface area (Å²) in [5.41, 5.74) is 4.25. The molecule has 17 heavy (non-hydrogen) atoms. The molecule has 0 aromatic rings. The minimum Gasteiger partial charge on any atom is -0.480 e. The fourth-order valence-electron chi connectivity index (χ4n) is 2.93. The summed E-state index contributed by atoms with van der Waals surface area (Å²) >= 11 is 0. The van der Waals surface area contributed by atoms with Crippen LogP contribution < -0.4 is 5.73 Å². The van der Waals surface area contributed by atoms with Crippen molar-refractivity contribution in [2.45, 2.75) is 44.6 Å². The SMILES string of the molecule is CC1(C(=O)N2CCC(N)(C(=O)O)C2)CCCC1. The van der Waals surface area contributed by atoms with Crippen molar-refractivity contribution in [1.29, 1.82) is 0 Å². The van der Waals surface area contributed by atoms with E-state index in [0.29, 0.717) is 13.0 Å². The van der Waals surface area contributed by atoms with Crippen molar-refractivity contribution in [1.82, 2.24) is 4.90 Å². The number of aliphatic carboxylic acids is 1. The Morgan fingerprint density at radius 3 is 2.29 bits per heavy atom. The van der Waals surface area contributed by atoms with E-state index in [1.165, 1.54) is 0 Å². The molecule has 1 heterocycles. The molecule has 0 bridgehead atoms. The molecule has 1 saturated carbocycles. The van der Waals surface area contributed by atoms with Crippen molar-refractivity contribution in [3.05, 3.63) is 0 Å². The van der Waals surface area contributed by atoms with Crippen LogP contribution in [0.3, 0.4) is 0 Å². The van der Waals surface area contributed by atoms with E-state index in [-0.39, 0.29) is 17.9 Å². The standard InChI is InChI=1S/C12H20N2O3/c1-11(4-2-3-5-11)9(15)14-7-6-12(13,8-14)10(16)17/h2-8,13H2,1H3,(H,16,17). The lowest BCUT2D eigenvalue weighted by Gasteiger charge is -2.29. The van der Waals surface area contributed by atoms with Crippen LogP contribution in [-0.4, -0.2) is 40.5 Å². The Morgan fingerprint density at radius 1 is 1.24 bits per heavy atom. The maximum absolute atomic E-state index is 12.4. The molecule has 96 valence electrons. The molecule has 2 fully saturated rings. The average molecular weight is 240 g/mol. The minimum absolute atomic E-state index is 0.0866. The molecule has 1 unspecified atom stereocenters. The normalized spacial score (nSPS) is 31.8. The summed E-state index contributed by atoms with van der Waals surface area (Å²) in [5.74, 6) is -0.923. The first-order chi connectivity index (χ1) is 7.87. The van der Waals surface area contributed by atoms with E-state index in [1.807, 2.05) is 6.92 Å². The number of hydrogen-bond acceptors (Lipinski definition) is 3. The van der Waals surface area contributed by atoms with Crippen LogP contribution in [0.25, 0.3) is 0 Å². The highest BCUT2D eigenvalue weighted by molar-refractivity contribution is 5.86. The molecule has 5 nitrogen and oxygen atoms in total. The van der Waals surface area contributed by atoms with Gasteiger partial charge < -0.3 is 15.7 Å². The van der Waals surface area contributed by atoms with E-state index in [9.17, 15) is 9.59 Å². The molecule has 0 radical (unpaired) electrons. The van der Waals surface area contributed by atoms with Gasteiger partial charge in [0.05, 0.1) is 0 Å². The molecule has 2 aliphatic rings. The van der Waals surface area contributed by atoms with Crippen LogP contribution in [0.5, 0.6) is 0 Å². The summed E-state index contributed by atoms with van der Waals surface area (Å²) in [5, 5.41) is 9.04. The lowest BCUT2D eigenvalue weighted by Crippen LogP contribution is -2.51. The molecule has 2 rings (SSSR count). The van der Waals surface area contributed by atoms with Gasteiger partial charge in [0.15, 0.2) is 0 Å². The summed E-state index contributed by atoms with van der Waals surface area (Å²) in [6.07, 6.45) is 4.34. The average Bonchev–Trinajstić information content (AvgIpc) is 2.86. The zero-order chi connectivity index (χ0) is 12.7. The Labute approximate surface area is 101 Å². The molecule has 1 amide bonds. The molecule has 5 heteroatoms. The second-order valence-electron chi connectivity index (χ2n) is 5.71. The second-order valence-corrected chi connectivity index (χ2v) is 5.71. The quantitative estimate of drug-likeness (QED) is 0.739. The molecule has 0 spiro atoms. The fraction of sp³-hybridized carbons (Fsp3) is 0.833. The third kappa shape index (κ3) is 2.04. The lowest BCUT2D eigenvalue weighted by atomic mass is 9.87. The molecular weight excluding hydrogens is 220 g/mol. The van der Waals surface area contributed by atoms with E-state index in [1.54, 1.807) is 4.90 Å². The summed E-state index contributed by atoms with van der Waals surface area (Å²) in [4.78, 5) is 25.0. The maximum atomic E-state index is 12.4. The monoisotopic (exact) mass is 240 g/mol. The number of carbonyl (C=O) groups excluding carboxylic acids is 1. The van der Waals surface area contributed by atoms with Crippen LogP contribution in [0.2, 0.25) is 0 Å². The zero-order valence-electron chi connectivity index (χ0n) is 10.2. The summed E-state index contributed by atoms with van der Waals surface area (Å²) < 4.78 is 0. The second kappa shape index (κ2) is 3.98. The summed E-state index contributed by atoms with van der Waals surface area (Å²) in [7, 11) is 0. The molecule has 0 aromatic heterocycles. The number of amides is 1. The predicted molar refractivity (Wildman–Crippen MR) is 62.3 cm³/mol. The molecule has 1 atom stereocenters. The van der Waals surface area contributed by atoms with Crippen molar-refractivity contribution >= 4 is 11.9 Å². The van der Waals surface area contributed by atoms with Gasteiger partial charge in [-0.15, -0.1) is 0 Å². The van der Waals surface area contributed by atoms with Gasteiger partial charge in [-0.3, -0.25) is 9.59 Å². The lowest BCUT2D eigenvalue weighted by molar-refractivity contribution is -0.144. The van der Waals surface area contributed by atoms with Gasteiger partial charge in [-0.05, 0) is 19.3 Å². The van der Waals surface area contributed by atoms with Crippen LogP contribution in [-0.2, 0) is 9.59 Å². The van der Waals surface area contributed by atoms with E-state index >= 15 is 0 Å². The molecular formula is C12H20N2O3. The molecule has 1 aliphatic carbocycles. The highest BCUT2D eigenvalue weighted by atomic mass is 16.4. The topological polar surface area (TPSA) is 83.6 Å². The van der Waals surface area contributed by atoms with Gasteiger partial charge in [-0.25, -0.2) is 0 Å². The van der Waals surface area contributed by atoms with Crippen molar-refractivity contribution in [2.24, 2.45) is 11.1 Å². The Balaban J connectivity index is 2.06. The van der Waals surface area contributed by atoms with Crippen LogP contribution in [0.1, 0.15) is 39.0 Å². The van der Waals surface area contributed by atoms with Crippen LogP contribution >= 0.6 is 0 Å².